The lowest BCUT2D eigenvalue weighted by Gasteiger charge is -2.26. The van der Waals surface area contributed by atoms with Crippen LogP contribution >= 0.6 is 0 Å². The fraction of sp³-hybridized carbons (Fsp3) is 0.412. The zero-order chi connectivity index (χ0) is 15.4. The van der Waals surface area contributed by atoms with E-state index >= 15 is 0 Å². The van der Waals surface area contributed by atoms with Gasteiger partial charge in [0.1, 0.15) is 6.54 Å². The highest BCUT2D eigenvalue weighted by Crippen LogP contribution is 2.37. The molecule has 0 heterocycles. The van der Waals surface area contributed by atoms with Crippen LogP contribution in [0, 0.1) is 6.92 Å². The van der Waals surface area contributed by atoms with Crippen molar-refractivity contribution in [3.63, 3.8) is 0 Å². The molecule has 0 spiro atoms. The van der Waals surface area contributed by atoms with Gasteiger partial charge in [0.05, 0.1) is 12.8 Å². The standard InChI is InChI=1S/C17H21NO3/c1-12-7-6-10-15(14-8-4-5-9-14)17(12)18(13(2)19)11-16(20)21-3/h4,6-8,10,14H,5,9,11H2,1-3H3. The first-order valence-corrected chi connectivity index (χ1v) is 7.15. The number of amides is 1. The Balaban J connectivity index is 2.45. The molecule has 0 N–H and O–H groups in total. The second kappa shape index (κ2) is 6.57. The lowest BCUT2D eigenvalue weighted by atomic mass is 9.94. The smallest absolute Gasteiger partial charge is 0.325 e. The monoisotopic (exact) mass is 287 g/mol. The third-order valence-corrected chi connectivity index (χ3v) is 3.85. The van der Waals surface area contributed by atoms with Gasteiger partial charge in [0, 0.05) is 12.8 Å². The summed E-state index contributed by atoms with van der Waals surface area (Å²) in [6, 6.07) is 6.00. The number of nitrogens with zero attached hydrogens (tertiary/aromatic N) is 1. The molecule has 0 bridgehead atoms. The number of aryl methyl sites for hydroxylation is 1. The molecule has 1 aliphatic rings. The summed E-state index contributed by atoms with van der Waals surface area (Å²) in [5.41, 5.74) is 2.93. The van der Waals surface area contributed by atoms with Crippen molar-refractivity contribution in [3.05, 3.63) is 41.5 Å². The molecule has 1 aromatic rings. The van der Waals surface area contributed by atoms with Gasteiger partial charge in [0.25, 0.3) is 0 Å². The van der Waals surface area contributed by atoms with Gasteiger partial charge in [-0.1, -0.05) is 30.4 Å². The highest BCUT2D eigenvalue weighted by atomic mass is 16.5. The van der Waals surface area contributed by atoms with E-state index in [2.05, 4.69) is 12.2 Å². The van der Waals surface area contributed by atoms with E-state index in [0.717, 1.165) is 29.7 Å². The van der Waals surface area contributed by atoms with E-state index in [1.807, 2.05) is 25.1 Å². The van der Waals surface area contributed by atoms with Crippen molar-refractivity contribution in [1.82, 2.24) is 0 Å². The number of anilines is 1. The molecule has 4 nitrogen and oxygen atoms in total. The zero-order valence-electron chi connectivity index (χ0n) is 12.8. The molecule has 1 atom stereocenters. The van der Waals surface area contributed by atoms with E-state index in [4.69, 9.17) is 4.74 Å². The Hall–Kier alpha value is -2.10. The lowest BCUT2D eigenvalue weighted by molar-refractivity contribution is -0.139. The summed E-state index contributed by atoms with van der Waals surface area (Å²) in [4.78, 5) is 25.1. The van der Waals surface area contributed by atoms with Crippen LogP contribution in [0.25, 0.3) is 0 Å². The Bertz CT molecular complexity index is 577. The normalized spacial score (nSPS) is 16.8. The van der Waals surface area contributed by atoms with Crippen molar-refractivity contribution in [2.45, 2.75) is 32.6 Å². The molecule has 0 saturated carbocycles. The second-order valence-corrected chi connectivity index (χ2v) is 5.31. The molecule has 21 heavy (non-hydrogen) atoms. The van der Waals surface area contributed by atoms with Crippen LogP contribution in [0.1, 0.15) is 36.8 Å². The Kier molecular flexibility index (Phi) is 4.78. The number of allylic oxidation sites excluding steroid dienone is 2. The lowest BCUT2D eigenvalue weighted by Crippen LogP contribution is -2.36. The molecular weight excluding hydrogens is 266 g/mol. The highest BCUT2D eigenvalue weighted by Gasteiger charge is 2.24. The summed E-state index contributed by atoms with van der Waals surface area (Å²) in [5, 5.41) is 0. The van der Waals surface area contributed by atoms with Crippen LogP contribution in [0.5, 0.6) is 0 Å². The first kappa shape index (κ1) is 15.3. The molecule has 0 saturated heterocycles. The predicted molar refractivity (Wildman–Crippen MR) is 82.3 cm³/mol. The van der Waals surface area contributed by atoms with Gasteiger partial charge in [-0.2, -0.15) is 0 Å². The van der Waals surface area contributed by atoms with E-state index in [9.17, 15) is 9.59 Å². The molecule has 0 radical (unpaired) electrons. The van der Waals surface area contributed by atoms with E-state index in [-0.39, 0.29) is 12.5 Å². The molecule has 0 aromatic heterocycles. The van der Waals surface area contributed by atoms with Gasteiger partial charge in [-0.3, -0.25) is 9.59 Å². The molecule has 1 aliphatic carbocycles. The van der Waals surface area contributed by atoms with Gasteiger partial charge in [-0.15, -0.1) is 0 Å². The fourth-order valence-electron chi connectivity index (χ4n) is 2.78. The first-order chi connectivity index (χ1) is 10.0. The Labute approximate surface area is 125 Å². The summed E-state index contributed by atoms with van der Waals surface area (Å²) in [5.74, 6) is -0.265. The van der Waals surface area contributed by atoms with Crippen LogP contribution in [-0.4, -0.2) is 25.5 Å². The summed E-state index contributed by atoms with van der Waals surface area (Å²) in [7, 11) is 1.33. The fourth-order valence-corrected chi connectivity index (χ4v) is 2.78. The number of hydrogen-bond donors (Lipinski definition) is 0. The number of esters is 1. The summed E-state index contributed by atoms with van der Waals surface area (Å²) >= 11 is 0. The molecule has 1 amide bonds. The molecule has 0 fully saturated rings. The Morgan fingerprint density at radius 3 is 2.71 bits per heavy atom. The number of hydrogen-bond acceptors (Lipinski definition) is 3. The van der Waals surface area contributed by atoms with Crippen molar-refractivity contribution >= 4 is 17.6 Å². The zero-order valence-corrected chi connectivity index (χ0v) is 12.8. The van der Waals surface area contributed by atoms with Crippen molar-refractivity contribution in [3.8, 4) is 0 Å². The van der Waals surface area contributed by atoms with Gasteiger partial charge in [-0.05, 0) is 30.9 Å². The average Bonchev–Trinajstić information content (AvgIpc) is 2.98. The van der Waals surface area contributed by atoms with Crippen LogP contribution in [0.2, 0.25) is 0 Å². The molecule has 1 unspecified atom stereocenters. The molecule has 0 aliphatic heterocycles. The molecule has 4 heteroatoms. The number of para-hydroxylation sites is 1. The SMILES string of the molecule is COC(=O)CN(C(C)=O)c1c(C)cccc1C1C=CCC1. The maximum absolute atomic E-state index is 12.0. The topological polar surface area (TPSA) is 46.6 Å². The van der Waals surface area contributed by atoms with Crippen molar-refractivity contribution in [2.24, 2.45) is 0 Å². The number of benzene rings is 1. The van der Waals surface area contributed by atoms with E-state index in [1.54, 1.807) is 0 Å². The molecular formula is C17H21NO3. The number of rotatable bonds is 4. The number of carbonyl (C=O) groups excluding carboxylic acids is 2. The minimum atomic E-state index is -0.415. The minimum Gasteiger partial charge on any atom is -0.468 e. The van der Waals surface area contributed by atoms with E-state index in [1.165, 1.54) is 18.9 Å². The summed E-state index contributed by atoms with van der Waals surface area (Å²) in [6.07, 6.45) is 6.43. The molecule has 2 rings (SSSR count). The van der Waals surface area contributed by atoms with Gasteiger partial charge in [0.15, 0.2) is 0 Å². The first-order valence-electron chi connectivity index (χ1n) is 7.15. The minimum absolute atomic E-state index is 0.0554. The van der Waals surface area contributed by atoms with Gasteiger partial charge in [-0.25, -0.2) is 0 Å². The highest BCUT2D eigenvalue weighted by molar-refractivity contribution is 5.97. The maximum Gasteiger partial charge on any atom is 0.325 e. The van der Waals surface area contributed by atoms with Gasteiger partial charge < -0.3 is 9.64 Å². The van der Waals surface area contributed by atoms with Crippen LogP contribution in [0.15, 0.2) is 30.4 Å². The van der Waals surface area contributed by atoms with Crippen molar-refractivity contribution < 1.29 is 14.3 Å². The summed E-state index contributed by atoms with van der Waals surface area (Å²) in [6.45, 7) is 3.38. The van der Waals surface area contributed by atoms with Crippen LogP contribution in [0.3, 0.4) is 0 Å². The van der Waals surface area contributed by atoms with Crippen molar-refractivity contribution in [1.29, 1.82) is 0 Å². The second-order valence-electron chi connectivity index (χ2n) is 5.31. The number of ether oxygens (including phenoxy) is 1. The van der Waals surface area contributed by atoms with Gasteiger partial charge in [0.2, 0.25) is 5.91 Å². The van der Waals surface area contributed by atoms with Gasteiger partial charge >= 0.3 is 5.97 Å². The van der Waals surface area contributed by atoms with E-state index in [0.29, 0.717) is 5.92 Å². The average molecular weight is 287 g/mol. The third-order valence-electron chi connectivity index (χ3n) is 3.85. The molecule has 1 aromatic carbocycles. The van der Waals surface area contributed by atoms with Crippen molar-refractivity contribution in [2.75, 3.05) is 18.6 Å². The number of methoxy groups -OCH3 is 1. The third kappa shape index (κ3) is 3.32. The summed E-state index contributed by atoms with van der Waals surface area (Å²) < 4.78 is 4.71. The number of carbonyl (C=O) groups is 2. The van der Waals surface area contributed by atoms with Crippen LogP contribution in [0.4, 0.5) is 5.69 Å². The van der Waals surface area contributed by atoms with Crippen LogP contribution < -0.4 is 4.90 Å². The predicted octanol–water partition coefficient (Wildman–Crippen LogP) is 2.95. The Morgan fingerprint density at radius 1 is 1.38 bits per heavy atom. The van der Waals surface area contributed by atoms with Crippen LogP contribution in [-0.2, 0) is 14.3 Å². The quantitative estimate of drug-likeness (QED) is 0.632. The maximum atomic E-state index is 12.0. The van der Waals surface area contributed by atoms with E-state index < -0.39 is 5.97 Å². The molecule has 112 valence electrons. The Morgan fingerprint density at radius 2 is 2.14 bits per heavy atom. The largest absolute Gasteiger partial charge is 0.468 e.